The molecule has 2 amide bonds. The molecule has 1 atom stereocenters. The van der Waals surface area contributed by atoms with E-state index in [0.29, 0.717) is 12.5 Å². The number of nitrogens with zero attached hydrogens (tertiary/aromatic N) is 2. The third-order valence-corrected chi connectivity index (χ3v) is 6.35. The number of rotatable bonds is 7. The van der Waals surface area contributed by atoms with Gasteiger partial charge in [0.05, 0.1) is 0 Å². The van der Waals surface area contributed by atoms with E-state index >= 15 is 0 Å². The minimum atomic E-state index is -0.185. The van der Waals surface area contributed by atoms with Gasteiger partial charge in [-0.1, -0.05) is 30.3 Å². The monoisotopic (exact) mass is 439 g/mol. The van der Waals surface area contributed by atoms with E-state index in [4.69, 9.17) is 0 Å². The Kier molecular flexibility index (Phi) is 8.64. The van der Waals surface area contributed by atoms with Crippen molar-refractivity contribution in [1.82, 2.24) is 15.5 Å². The molecule has 0 spiro atoms. The van der Waals surface area contributed by atoms with Crippen LogP contribution in [0.3, 0.4) is 0 Å². The van der Waals surface area contributed by atoms with Gasteiger partial charge in [-0.05, 0) is 56.0 Å². The molecular weight excluding hydrogens is 406 g/mol. The quantitative estimate of drug-likeness (QED) is 0.340. The number of carbonyl (C=O) groups is 1. The van der Waals surface area contributed by atoms with E-state index in [1.165, 1.54) is 11.3 Å². The standard InChI is InChI=1S/C24H33N5OS/c1-18(2)27-24(30)28-21-11-9-19(10-12-21)15-26-23(25-3)29-14-13-20(16-29)17-31-22-7-5-4-6-8-22/h4-12,18,20H,13-17H2,1-3H3,(H,25,26)(H2,27,28,30). The lowest BCUT2D eigenvalue weighted by molar-refractivity contribution is 0.250. The number of benzene rings is 2. The fourth-order valence-corrected chi connectivity index (χ4v) is 4.59. The summed E-state index contributed by atoms with van der Waals surface area (Å²) in [5.74, 6) is 2.76. The van der Waals surface area contributed by atoms with Gasteiger partial charge in [-0.3, -0.25) is 4.99 Å². The number of amides is 2. The van der Waals surface area contributed by atoms with E-state index in [0.717, 1.165) is 36.1 Å². The van der Waals surface area contributed by atoms with Crippen LogP contribution in [0, 0.1) is 5.92 Å². The minimum absolute atomic E-state index is 0.109. The lowest BCUT2D eigenvalue weighted by atomic mass is 10.2. The number of thioether (sulfide) groups is 1. The first-order valence-electron chi connectivity index (χ1n) is 10.8. The molecule has 0 aliphatic carbocycles. The molecule has 3 N–H and O–H groups in total. The van der Waals surface area contributed by atoms with Gasteiger partial charge < -0.3 is 20.9 Å². The molecule has 6 nitrogen and oxygen atoms in total. The maximum absolute atomic E-state index is 11.8. The number of hydrogen-bond acceptors (Lipinski definition) is 3. The van der Waals surface area contributed by atoms with E-state index in [-0.39, 0.29) is 12.1 Å². The number of likely N-dealkylation sites (tertiary alicyclic amines) is 1. The molecule has 166 valence electrons. The molecule has 1 aliphatic rings. The van der Waals surface area contributed by atoms with Gasteiger partial charge in [-0.2, -0.15) is 0 Å². The molecule has 1 fully saturated rings. The molecule has 1 heterocycles. The van der Waals surface area contributed by atoms with Crippen LogP contribution in [0.4, 0.5) is 10.5 Å². The zero-order valence-corrected chi connectivity index (χ0v) is 19.4. The highest BCUT2D eigenvalue weighted by molar-refractivity contribution is 7.99. The van der Waals surface area contributed by atoms with Crippen molar-refractivity contribution in [2.24, 2.45) is 10.9 Å². The second-order valence-electron chi connectivity index (χ2n) is 8.08. The summed E-state index contributed by atoms with van der Waals surface area (Å²) in [6, 6.07) is 18.4. The van der Waals surface area contributed by atoms with Gasteiger partial charge in [0, 0.05) is 49.1 Å². The van der Waals surface area contributed by atoms with Crippen molar-refractivity contribution < 1.29 is 4.79 Å². The number of aliphatic imine (C=N–C) groups is 1. The third kappa shape index (κ3) is 7.51. The molecule has 1 saturated heterocycles. The highest BCUT2D eigenvalue weighted by atomic mass is 32.2. The number of nitrogens with one attached hydrogen (secondary N) is 3. The molecule has 0 bridgehead atoms. The Morgan fingerprint density at radius 2 is 1.90 bits per heavy atom. The van der Waals surface area contributed by atoms with Gasteiger partial charge in [0.1, 0.15) is 0 Å². The molecule has 2 aromatic rings. The number of urea groups is 1. The molecule has 3 rings (SSSR count). The Bertz CT molecular complexity index is 854. The van der Waals surface area contributed by atoms with E-state index in [1.54, 1.807) is 0 Å². The predicted molar refractivity (Wildman–Crippen MR) is 131 cm³/mol. The first-order valence-corrected chi connectivity index (χ1v) is 11.8. The molecule has 31 heavy (non-hydrogen) atoms. The SMILES string of the molecule is CN=C(NCc1ccc(NC(=O)NC(C)C)cc1)N1CCC(CSc2ccccc2)C1. The molecule has 0 aromatic heterocycles. The largest absolute Gasteiger partial charge is 0.352 e. The fourth-order valence-electron chi connectivity index (χ4n) is 3.54. The molecule has 7 heteroatoms. The summed E-state index contributed by atoms with van der Waals surface area (Å²) >= 11 is 1.94. The Balaban J connectivity index is 1.43. The van der Waals surface area contributed by atoms with Crippen LogP contribution in [-0.2, 0) is 6.54 Å². The molecule has 0 saturated carbocycles. The summed E-state index contributed by atoms with van der Waals surface area (Å²) < 4.78 is 0. The maximum atomic E-state index is 11.8. The molecule has 2 aromatic carbocycles. The zero-order valence-electron chi connectivity index (χ0n) is 18.6. The van der Waals surface area contributed by atoms with Crippen molar-refractivity contribution in [3.05, 3.63) is 60.2 Å². The first-order chi connectivity index (χ1) is 15.0. The smallest absolute Gasteiger partial charge is 0.319 e. The van der Waals surface area contributed by atoms with Crippen LogP contribution in [0.5, 0.6) is 0 Å². The van der Waals surface area contributed by atoms with Crippen LogP contribution >= 0.6 is 11.8 Å². The van der Waals surface area contributed by atoms with Crippen LogP contribution in [0.15, 0.2) is 64.5 Å². The van der Waals surface area contributed by atoms with Gasteiger partial charge in [0.2, 0.25) is 0 Å². The summed E-state index contributed by atoms with van der Waals surface area (Å²) in [6.07, 6.45) is 1.19. The normalized spacial score (nSPS) is 16.5. The summed E-state index contributed by atoms with van der Waals surface area (Å²) in [4.78, 5) is 20.0. The maximum Gasteiger partial charge on any atom is 0.319 e. The number of guanidine groups is 1. The fraction of sp³-hybridized carbons (Fsp3) is 0.417. The van der Waals surface area contributed by atoms with Crippen LogP contribution in [0.2, 0.25) is 0 Å². The lowest BCUT2D eigenvalue weighted by Crippen LogP contribution is -2.39. The van der Waals surface area contributed by atoms with Crippen LogP contribution in [0.1, 0.15) is 25.8 Å². The second kappa shape index (κ2) is 11.6. The van der Waals surface area contributed by atoms with Crippen LogP contribution < -0.4 is 16.0 Å². The lowest BCUT2D eigenvalue weighted by Gasteiger charge is -2.22. The second-order valence-corrected chi connectivity index (χ2v) is 9.17. The average Bonchev–Trinajstić information content (AvgIpc) is 3.23. The molecule has 0 radical (unpaired) electrons. The van der Waals surface area contributed by atoms with Crippen molar-refractivity contribution in [2.45, 2.75) is 37.8 Å². The summed E-state index contributed by atoms with van der Waals surface area (Å²) in [5, 5.41) is 9.14. The topological polar surface area (TPSA) is 68.8 Å². The molecular formula is C24H33N5OS. The average molecular weight is 440 g/mol. The van der Waals surface area contributed by atoms with Gasteiger partial charge in [-0.25, -0.2) is 4.79 Å². The number of hydrogen-bond donors (Lipinski definition) is 3. The predicted octanol–water partition coefficient (Wildman–Crippen LogP) is 4.41. The Labute approximate surface area is 189 Å². The highest BCUT2D eigenvalue weighted by Crippen LogP contribution is 2.25. The van der Waals surface area contributed by atoms with Crippen molar-refractivity contribution in [1.29, 1.82) is 0 Å². The number of carbonyl (C=O) groups excluding carboxylic acids is 1. The van der Waals surface area contributed by atoms with Crippen molar-refractivity contribution in [2.75, 3.05) is 31.2 Å². The summed E-state index contributed by atoms with van der Waals surface area (Å²) in [6.45, 7) is 6.64. The Morgan fingerprint density at radius 1 is 1.16 bits per heavy atom. The van der Waals surface area contributed by atoms with Gasteiger partial charge in [0.15, 0.2) is 5.96 Å². The zero-order chi connectivity index (χ0) is 22.1. The minimum Gasteiger partial charge on any atom is -0.352 e. The van der Waals surface area contributed by atoms with Crippen molar-refractivity contribution in [3.63, 3.8) is 0 Å². The third-order valence-electron chi connectivity index (χ3n) is 5.11. The Morgan fingerprint density at radius 3 is 2.58 bits per heavy atom. The van der Waals surface area contributed by atoms with Crippen molar-refractivity contribution in [3.8, 4) is 0 Å². The van der Waals surface area contributed by atoms with Gasteiger partial charge in [0.25, 0.3) is 0 Å². The summed E-state index contributed by atoms with van der Waals surface area (Å²) in [7, 11) is 1.84. The number of anilines is 1. The molecule has 1 aliphatic heterocycles. The van der Waals surface area contributed by atoms with Crippen LogP contribution in [0.25, 0.3) is 0 Å². The molecule has 1 unspecified atom stereocenters. The van der Waals surface area contributed by atoms with E-state index < -0.39 is 0 Å². The first kappa shape index (κ1) is 23.0. The van der Waals surface area contributed by atoms with E-state index in [1.807, 2.05) is 56.9 Å². The van der Waals surface area contributed by atoms with Crippen LogP contribution in [-0.4, -0.2) is 48.8 Å². The van der Waals surface area contributed by atoms with E-state index in [9.17, 15) is 4.79 Å². The van der Waals surface area contributed by atoms with Crippen molar-refractivity contribution >= 4 is 29.4 Å². The Hall–Kier alpha value is -2.67. The highest BCUT2D eigenvalue weighted by Gasteiger charge is 2.24. The summed E-state index contributed by atoms with van der Waals surface area (Å²) in [5.41, 5.74) is 1.93. The van der Waals surface area contributed by atoms with Gasteiger partial charge >= 0.3 is 6.03 Å². The van der Waals surface area contributed by atoms with Gasteiger partial charge in [-0.15, -0.1) is 11.8 Å². The van der Waals surface area contributed by atoms with E-state index in [2.05, 4.69) is 56.2 Å².